The zero-order chi connectivity index (χ0) is 53.2. The first-order chi connectivity index (χ1) is 36.3. The van der Waals surface area contributed by atoms with E-state index in [-0.39, 0.29) is 67.1 Å². The first-order valence-electron chi connectivity index (χ1n) is 24.8. The second-order valence-electron chi connectivity index (χ2n) is 18.7. The van der Waals surface area contributed by atoms with Crippen molar-refractivity contribution in [3.05, 3.63) is 161 Å². The molecule has 0 saturated carbocycles. The number of hydrogen-bond acceptors (Lipinski definition) is 13. The maximum atomic E-state index is 14.2. The number of carbonyl (C=O) groups is 1. The number of hydrogen-bond donors (Lipinski definition) is 1. The second kappa shape index (κ2) is 24.4. The summed E-state index contributed by atoms with van der Waals surface area (Å²) in [7, 11) is 5.04. The van der Waals surface area contributed by atoms with Gasteiger partial charge in [-0.25, -0.2) is 14.6 Å². The summed E-state index contributed by atoms with van der Waals surface area (Å²) in [6, 6.07) is 45.2. The number of amides is 1. The summed E-state index contributed by atoms with van der Waals surface area (Å²) in [5.74, 6) is 1.09. The first-order valence-corrected chi connectivity index (χ1v) is 26.0. The number of anilines is 2. The molecule has 0 spiro atoms. The number of carbonyl (C=O) groups excluding carboxylic acids is 1. The smallest absolute Gasteiger partial charge is 0.280 e. The van der Waals surface area contributed by atoms with Crippen LogP contribution in [0.4, 0.5) is 17.6 Å². The molecule has 390 valence electrons. The van der Waals surface area contributed by atoms with Gasteiger partial charge in [0.25, 0.3) is 14.1 Å². The van der Waals surface area contributed by atoms with E-state index in [2.05, 4.69) is 48.4 Å². The molecule has 1 saturated heterocycles. The Balaban J connectivity index is 1.31. The van der Waals surface area contributed by atoms with E-state index in [1.54, 1.807) is 37.8 Å². The molecule has 18 heteroatoms. The molecule has 0 radical (unpaired) electrons. The van der Waals surface area contributed by atoms with Gasteiger partial charge in [0, 0.05) is 39.5 Å². The lowest BCUT2D eigenvalue weighted by Gasteiger charge is -2.39. The molecule has 0 aliphatic carbocycles. The number of fused-ring (bicyclic) bond motifs is 1. The lowest BCUT2D eigenvalue weighted by molar-refractivity contribution is -0.116. The molecule has 5 aromatic carbocycles. The number of nitriles is 1. The molecule has 2 aromatic heterocycles. The Morgan fingerprint density at radius 3 is 1.97 bits per heavy atom. The topological polar surface area (TPSA) is 182 Å². The monoisotopic (exact) mass is 1030 g/mol. The van der Waals surface area contributed by atoms with Crippen molar-refractivity contribution >= 4 is 49.5 Å². The lowest BCUT2D eigenvalue weighted by atomic mass is 9.80. The molecule has 17 nitrogen and oxygen atoms in total. The van der Waals surface area contributed by atoms with Crippen LogP contribution in [0.3, 0.4) is 0 Å². The van der Waals surface area contributed by atoms with Crippen LogP contribution in [0, 0.1) is 11.3 Å². The molecule has 1 aliphatic heterocycles. The summed E-state index contributed by atoms with van der Waals surface area (Å²) in [4.78, 5) is 48.5. The minimum absolute atomic E-state index is 0.0134. The number of aromatic nitrogens is 4. The molecule has 75 heavy (non-hydrogen) atoms. The van der Waals surface area contributed by atoms with Gasteiger partial charge in [0.1, 0.15) is 29.4 Å². The zero-order valence-corrected chi connectivity index (χ0v) is 44.7. The van der Waals surface area contributed by atoms with E-state index in [1.807, 2.05) is 133 Å². The number of rotatable bonds is 22. The molecule has 1 fully saturated rings. The van der Waals surface area contributed by atoms with Crippen molar-refractivity contribution < 1.29 is 32.8 Å². The van der Waals surface area contributed by atoms with Crippen LogP contribution in [-0.4, -0.2) is 107 Å². The standard InChI is InChI=1S/C57H64N9O8P/c1-38(2)66(39(3)4)75(72-34-16-33-58)74-49-35-51(73-50(49)36-71-57(43-19-14-11-15-20-43,44-23-29-47(69-8)30-24-44)45-25-31-48(70-9)32-26-45)65-53-52(54(68)62-55(61-53)59-37-63(6)7)60-56(65)64(40(5)67)46-27-21-42(22-28-46)41-17-12-10-13-18-41/h10-15,17-32,37-39,49-51H,16,34-36H2,1-9H3,(H,61,62,68)/b59-37+/t49-,50+,51+,75?/m0/s1. The summed E-state index contributed by atoms with van der Waals surface area (Å²) in [6.07, 6.45) is -0.719. The van der Waals surface area contributed by atoms with E-state index in [4.69, 9.17) is 38.0 Å². The fourth-order valence-corrected chi connectivity index (χ4v) is 11.1. The SMILES string of the molecule is COc1ccc(C(OC[C@H]2O[C@@H](n3c(N(C(C)=O)c4ccc(-c5ccccc5)cc4)nc4c(=O)[nH]c(/N=C/N(C)C)nc43)C[C@@H]2OP(OCCC#N)N(C(C)C)C(C)C)(c2ccccc2)c2ccc(OC)cc2)cc1. The Bertz CT molecular complexity index is 3070. The number of nitrogens with zero attached hydrogens (tertiary/aromatic N) is 8. The largest absolute Gasteiger partial charge is 0.497 e. The first kappa shape index (κ1) is 54.0. The maximum absolute atomic E-state index is 14.2. The number of H-pyrrole nitrogens is 1. The van der Waals surface area contributed by atoms with Crippen molar-refractivity contribution in [3.8, 4) is 28.7 Å². The zero-order valence-electron chi connectivity index (χ0n) is 43.8. The van der Waals surface area contributed by atoms with Crippen LogP contribution >= 0.6 is 8.53 Å². The number of nitrogens with one attached hydrogen (secondary N) is 1. The minimum Gasteiger partial charge on any atom is -0.497 e. The summed E-state index contributed by atoms with van der Waals surface area (Å²) in [6.45, 7) is 9.83. The van der Waals surface area contributed by atoms with E-state index in [9.17, 15) is 14.9 Å². The van der Waals surface area contributed by atoms with Crippen LogP contribution in [0.5, 0.6) is 11.5 Å². The van der Waals surface area contributed by atoms with Crippen molar-refractivity contribution in [2.24, 2.45) is 4.99 Å². The van der Waals surface area contributed by atoms with Crippen LogP contribution in [0.25, 0.3) is 22.3 Å². The van der Waals surface area contributed by atoms with E-state index in [0.717, 1.165) is 27.8 Å². The van der Waals surface area contributed by atoms with E-state index in [1.165, 1.54) is 18.2 Å². The van der Waals surface area contributed by atoms with Gasteiger partial charge in [-0.1, -0.05) is 97.1 Å². The van der Waals surface area contributed by atoms with Crippen molar-refractivity contribution in [2.75, 3.05) is 46.4 Å². The van der Waals surface area contributed by atoms with Crippen LogP contribution in [0.2, 0.25) is 0 Å². The third-order valence-electron chi connectivity index (χ3n) is 12.7. The van der Waals surface area contributed by atoms with Gasteiger partial charge in [0.05, 0.1) is 58.1 Å². The molecule has 1 amide bonds. The Kier molecular flexibility index (Phi) is 17.5. The highest BCUT2D eigenvalue weighted by Gasteiger charge is 2.46. The van der Waals surface area contributed by atoms with Crippen molar-refractivity contribution in [2.45, 2.75) is 83.6 Å². The molecule has 1 unspecified atom stereocenters. The fraction of sp³-hybridized carbons (Fsp3) is 0.333. The lowest BCUT2D eigenvalue weighted by Crippen LogP contribution is -2.39. The third-order valence-corrected chi connectivity index (χ3v) is 14.8. The normalized spacial score (nSPS) is 16.2. The predicted octanol–water partition coefficient (Wildman–Crippen LogP) is 10.7. The second-order valence-corrected chi connectivity index (χ2v) is 20.1. The summed E-state index contributed by atoms with van der Waals surface area (Å²) < 4.78 is 43.6. The molecular formula is C57H64N9O8P. The Morgan fingerprint density at radius 2 is 1.43 bits per heavy atom. The summed E-state index contributed by atoms with van der Waals surface area (Å²) >= 11 is 0. The van der Waals surface area contributed by atoms with Crippen molar-refractivity contribution in [3.63, 3.8) is 0 Å². The number of benzene rings is 5. The van der Waals surface area contributed by atoms with Gasteiger partial charge in [-0.05, 0) is 91.9 Å². The number of imidazole rings is 1. The minimum atomic E-state index is -1.82. The highest BCUT2D eigenvalue weighted by molar-refractivity contribution is 7.44. The van der Waals surface area contributed by atoms with Crippen molar-refractivity contribution in [1.82, 2.24) is 29.1 Å². The van der Waals surface area contributed by atoms with Gasteiger partial charge in [-0.15, -0.1) is 0 Å². The molecular weight excluding hydrogens is 970 g/mol. The molecule has 0 bridgehead atoms. The Morgan fingerprint density at radius 1 is 0.853 bits per heavy atom. The molecule has 1 N–H and O–H groups in total. The molecule has 8 rings (SSSR count). The van der Waals surface area contributed by atoms with Gasteiger partial charge in [-0.2, -0.15) is 10.2 Å². The predicted molar refractivity (Wildman–Crippen MR) is 292 cm³/mol. The molecule has 4 atom stereocenters. The van der Waals surface area contributed by atoms with Crippen molar-refractivity contribution in [1.29, 1.82) is 5.26 Å². The number of methoxy groups -OCH3 is 2. The van der Waals surface area contributed by atoms with Crippen LogP contribution < -0.4 is 19.9 Å². The molecule has 3 heterocycles. The van der Waals surface area contributed by atoms with Gasteiger partial charge in [0.15, 0.2) is 11.2 Å². The summed E-state index contributed by atoms with van der Waals surface area (Å²) in [5, 5.41) is 9.63. The highest BCUT2D eigenvalue weighted by atomic mass is 31.2. The average Bonchev–Trinajstić information content (AvgIpc) is 4.01. The van der Waals surface area contributed by atoms with E-state index >= 15 is 0 Å². The van der Waals surface area contributed by atoms with Gasteiger partial charge in [0.2, 0.25) is 17.8 Å². The van der Waals surface area contributed by atoms with Crippen LogP contribution in [0.1, 0.15) is 70.4 Å². The third kappa shape index (κ3) is 12.0. The van der Waals surface area contributed by atoms with Crippen LogP contribution in [0.15, 0.2) is 143 Å². The van der Waals surface area contributed by atoms with Gasteiger partial charge >= 0.3 is 0 Å². The Labute approximate surface area is 439 Å². The van der Waals surface area contributed by atoms with E-state index in [0.29, 0.717) is 17.2 Å². The highest BCUT2D eigenvalue weighted by Crippen LogP contribution is 2.51. The molecule has 1 aliphatic rings. The van der Waals surface area contributed by atoms with Gasteiger partial charge in [-0.3, -0.25) is 24.0 Å². The maximum Gasteiger partial charge on any atom is 0.280 e. The number of aromatic amines is 1. The van der Waals surface area contributed by atoms with E-state index < -0.39 is 38.1 Å². The Hall–Kier alpha value is -7.29. The van der Waals surface area contributed by atoms with Gasteiger partial charge < -0.3 is 32.9 Å². The number of aliphatic imine (C=N–C) groups is 1. The molecule has 7 aromatic rings. The average molecular weight is 1030 g/mol. The van der Waals surface area contributed by atoms with Crippen LogP contribution in [-0.2, 0) is 28.9 Å². The quantitative estimate of drug-likeness (QED) is 0.0223. The number of ether oxygens (including phenoxy) is 4. The summed E-state index contributed by atoms with van der Waals surface area (Å²) in [5.41, 5.74) is 3.21. The fourth-order valence-electron chi connectivity index (χ4n) is 9.30.